The van der Waals surface area contributed by atoms with Gasteiger partial charge in [0, 0.05) is 18.0 Å². The molecule has 1 aliphatic rings. The minimum Gasteiger partial charge on any atom is -0.497 e. The second-order valence-corrected chi connectivity index (χ2v) is 9.36. The van der Waals surface area contributed by atoms with Crippen molar-refractivity contribution in [3.8, 4) is 22.8 Å². The Bertz CT molecular complexity index is 1540. The van der Waals surface area contributed by atoms with Crippen LogP contribution in [0.15, 0.2) is 73.1 Å². The zero-order chi connectivity index (χ0) is 28.3. The molecule has 1 atom stereocenters. The van der Waals surface area contributed by atoms with E-state index in [9.17, 15) is 14.0 Å². The molecule has 2 aromatic carbocycles. The van der Waals surface area contributed by atoms with Gasteiger partial charge in [-0.3, -0.25) is 9.59 Å². The number of hydrogen-bond acceptors (Lipinski definition) is 7. The SMILES string of the molecule is COc1ccc(CC(NC(=O)c2cccnc2-n2ccc(-c3ccc(F)cc3Cl)n2)C2(C(N)=O)OCCO2)cc1. The van der Waals surface area contributed by atoms with Crippen LogP contribution in [0, 0.1) is 5.82 Å². The molecule has 12 heteroatoms. The Morgan fingerprint density at radius 2 is 1.93 bits per heavy atom. The molecule has 1 aliphatic heterocycles. The number of methoxy groups -OCH3 is 1. The fraction of sp³-hybridized carbons (Fsp3) is 0.214. The molecule has 3 heterocycles. The quantitative estimate of drug-likeness (QED) is 0.318. The number of primary amides is 1. The van der Waals surface area contributed by atoms with Crippen molar-refractivity contribution in [2.75, 3.05) is 20.3 Å². The number of nitrogens with one attached hydrogen (secondary N) is 1. The third-order valence-corrected chi connectivity index (χ3v) is 6.78. The van der Waals surface area contributed by atoms with Crippen LogP contribution in [0.1, 0.15) is 15.9 Å². The van der Waals surface area contributed by atoms with Crippen molar-refractivity contribution in [2.24, 2.45) is 5.73 Å². The smallest absolute Gasteiger partial charge is 0.280 e. The number of amides is 2. The average Bonchev–Trinajstić information content (AvgIpc) is 3.64. The van der Waals surface area contributed by atoms with Crippen molar-refractivity contribution in [1.29, 1.82) is 0 Å². The number of pyridine rings is 1. The first-order valence-corrected chi connectivity index (χ1v) is 12.7. The van der Waals surface area contributed by atoms with Gasteiger partial charge in [0.15, 0.2) is 5.82 Å². The van der Waals surface area contributed by atoms with E-state index in [2.05, 4.69) is 15.4 Å². The van der Waals surface area contributed by atoms with E-state index in [1.807, 2.05) is 12.1 Å². The highest BCUT2D eigenvalue weighted by molar-refractivity contribution is 6.33. The Balaban J connectivity index is 1.46. The number of ether oxygens (including phenoxy) is 3. The van der Waals surface area contributed by atoms with Gasteiger partial charge in [0.05, 0.1) is 42.6 Å². The van der Waals surface area contributed by atoms with Crippen LogP contribution in [0.25, 0.3) is 17.1 Å². The van der Waals surface area contributed by atoms with E-state index >= 15 is 0 Å². The van der Waals surface area contributed by atoms with Gasteiger partial charge in [0.25, 0.3) is 17.6 Å². The maximum atomic E-state index is 13.7. The number of hydrogen-bond donors (Lipinski definition) is 2. The van der Waals surface area contributed by atoms with Crippen molar-refractivity contribution in [3.63, 3.8) is 0 Å². The van der Waals surface area contributed by atoms with Gasteiger partial charge in [-0.25, -0.2) is 14.1 Å². The summed E-state index contributed by atoms with van der Waals surface area (Å²) in [6, 6.07) is 15.0. The molecule has 5 rings (SSSR count). The molecule has 1 unspecified atom stereocenters. The van der Waals surface area contributed by atoms with Gasteiger partial charge in [0.1, 0.15) is 11.6 Å². The largest absolute Gasteiger partial charge is 0.497 e. The molecule has 4 aromatic rings. The standard InChI is InChI=1S/C28H25ClFN5O5/c1-38-19-7-4-17(5-8-19)15-24(28(27(31)37)39-13-14-40-28)33-26(36)21-3-2-11-32-25(21)35-12-10-23(34-35)20-9-6-18(30)16-22(20)29/h2-12,16,24H,13-15H2,1H3,(H2,31,37)(H,33,36). The van der Waals surface area contributed by atoms with E-state index in [0.29, 0.717) is 17.0 Å². The van der Waals surface area contributed by atoms with Crippen LogP contribution in [0.2, 0.25) is 5.02 Å². The second-order valence-electron chi connectivity index (χ2n) is 8.95. The van der Waals surface area contributed by atoms with Gasteiger partial charge < -0.3 is 25.3 Å². The molecule has 3 N–H and O–H groups in total. The first-order valence-electron chi connectivity index (χ1n) is 12.3. The number of carbonyl (C=O) groups is 2. The van der Waals surface area contributed by atoms with Crippen LogP contribution in [-0.2, 0) is 20.7 Å². The summed E-state index contributed by atoms with van der Waals surface area (Å²) in [5.74, 6) is -2.88. The van der Waals surface area contributed by atoms with Crippen molar-refractivity contribution < 1.29 is 28.2 Å². The molecule has 10 nitrogen and oxygen atoms in total. The lowest BCUT2D eigenvalue weighted by atomic mass is 9.97. The van der Waals surface area contributed by atoms with Crippen LogP contribution in [-0.4, -0.2) is 58.7 Å². The number of aromatic nitrogens is 3. The molecule has 1 fully saturated rings. The summed E-state index contributed by atoms with van der Waals surface area (Å²) in [5, 5.41) is 7.57. The molecule has 2 amide bonds. The molecular formula is C28H25ClFN5O5. The minimum atomic E-state index is -1.86. The number of rotatable bonds is 9. The zero-order valence-electron chi connectivity index (χ0n) is 21.3. The molecule has 0 spiro atoms. The van der Waals surface area contributed by atoms with Crippen LogP contribution in [0.5, 0.6) is 5.75 Å². The topological polar surface area (TPSA) is 131 Å². The summed E-state index contributed by atoms with van der Waals surface area (Å²) in [6.45, 7) is 0.274. The highest BCUT2D eigenvalue weighted by Crippen LogP contribution is 2.29. The van der Waals surface area contributed by atoms with Gasteiger partial charge in [0.2, 0.25) is 0 Å². The van der Waals surface area contributed by atoms with E-state index in [0.717, 1.165) is 5.56 Å². The summed E-state index contributed by atoms with van der Waals surface area (Å²) in [4.78, 5) is 30.6. The Kier molecular flexibility index (Phi) is 7.78. The van der Waals surface area contributed by atoms with Crippen LogP contribution in [0.3, 0.4) is 0 Å². The van der Waals surface area contributed by atoms with Gasteiger partial charge >= 0.3 is 0 Å². The maximum Gasteiger partial charge on any atom is 0.280 e. The van der Waals surface area contributed by atoms with E-state index < -0.39 is 29.5 Å². The van der Waals surface area contributed by atoms with E-state index in [4.69, 9.17) is 31.5 Å². The number of nitrogens with two attached hydrogens (primary N) is 1. The summed E-state index contributed by atoms with van der Waals surface area (Å²) < 4.78 is 31.5. The molecule has 0 bridgehead atoms. The third-order valence-electron chi connectivity index (χ3n) is 6.47. The van der Waals surface area contributed by atoms with Crippen molar-refractivity contribution >= 4 is 23.4 Å². The van der Waals surface area contributed by atoms with Gasteiger partial charge in [-0.1, -0.05) is 23.7 Å². The van der Waals surface area contributed by atoms with Crippen LogP contribution in [0.4, 0.5) is 4.39 Å². The number of benzene rings is 2. The predicted molar refractivity (Wildman–Crippen MR) is 144 cm³/mol. The molecule has 206 valence electrons. The first kappa shape index (κ1) is 27.3. The van der Waals surface area contributed by atoms with Gasteiger partial charge in [-0.15, -0.1) is 0 Å². The number of nitrogens with zero attached hydrogens (tertiary/aromatic N) is 3. The Hall–Kier alpha value is -4.32. The van der Waals surface area contributed by atoms with Crippen LogP contribution < -0.4 is 15.8 Å². The lowest BCUT2D eigenvalue weighted by molar-refractivity contribution is -0.189. The van der Waals surface area contributed by atoms with Crippen molar-refractivity contribution in [2.45, 2.75) is 18.2 Å². The molecule has 2 aromatic heterocycles. The van der Waals surface area contributed by atoms with E-state index in [-0.39, 0.29) is 36.0 Å². The highest BCUT2D eigenvalue weighted by Gasteiger charge is 2.51. The normalized spacial score (nSPS) is 15.0. The monoisotopic (exact) mass is 565 g/mol. The van der Waals surface area contributed by atoms with Gasteiger partial charge in [-0.2, -0.15) is 5.10 Å². The molecule has 0 saturated carbocycles. The van der Waals surface area contributed by atoms with Crippen molar-refractivity contribution in [1.82, 2.24) is 20.1 Å². The van der Waals surface area contributed by atoms with Gasteiger partial charge in [-0.05, 0) is 60.5 Å². The Labute approximate surface area is 233 Å². The highest BCUT2D eigenvalue weighted by atomic mass is 35.5. The average molecular weight is 566 g/mol. The lowest BCUT2D eigenvalue weighted by Gasteiger charge is -2.33. The zero-order valence-corrected chi connectivity index (χ0v) is 22.1. The maximum absolute atomic E-state index is 13.7. The number of carbonyl (C=O) groups excluding carboxylic acids is 2. The lowest BCUT2D eigenvalue weighted by Crippen LogP contribution is -2.61. The van der Waals surface area contributed by atoms with E-state index in [1.165, 1.54) is 29.1 Å². The Morgan fingerprint density at radius 1 is 1.18 bits per heavy atom. The molecular weight excluding hydrogens is 541 g/mol. The predicted octanol–water partition coefficient (Wildman–Crippen LogP) is 3.30. The summed E-state index contributed by atoms with van der Waals surface area (Å²) in [5.41, 5.74) is 7.65. The van der Waals surface area contributed by atoms with Crippen LogP contribution >= 0.6 is 11.6 Å². The van der Waals surface area contributed by atoms with E-state index in [1.54, 1.807) is 43.6 Å². The molecule has 1 saturated heterocycles. The molecule has 0 aliphatic carbocycles. The third kappa shape index (κ3) is 5.39. The Morgan fingerprint density at radius 3 is 2.60 bits per heavy atom. The van der Waals surface area contributed by atoms with Crippen molar-refractivity contribution in [3.05, 3.63) is 95.0 Å². The number of halogens is 2. The fourth-order valence-electron chi connectivity index (χ4n) is 4.50. The first-order chi connectivity index (χ1) is 19.3. The summed E-state index contributed by atoms with van der Waals surface area (Å²) in [7, 11) is 1.56. The summed E-state index contributed by atoms with van der Waals surface area (Å²) >= 11 is 6.21. The molecule has 40 heavy (non-hydrogen) atoms. The fourth-order valence-corrected chi connectivity index (χ4v) is 4.76. The second kappa shape index (κ2) is 11.4. The molecule has 0 radical (unpaired) electrons. The minimum absolute atomic E-state index is 0.137. The summed E-state index contributed by atoms with van der Waals surface area (Å²) in [6.07, 6.45) is 3.29.